The summed E-state index contributed by atoms with van der Waals surface area (Å²) in [7, 11) is 0. The molecule has 318 valence electrons. The van der Waals surface area contributed by atoms with Crippen molar-refractivity contribution in [2.45, 2.75) is 0 Å². The molecule has 0 aliphatic heterocycles. The number of benzene rings is 9. The zero-order valence-electron chi connectivity index (χ0n) is 36.4. The third kappa shape index (κ3) is 6.78. The quantitative estimate of drug-likeness (QED) is 0.150. The maximum absolute atomic E-state index is 6.89. The Balaban J connectivity index is 0.955. The van der Waals surface area contributed by atoms with E-state index in [0.717, 1.165) is 83.2 Å². The van der Waals surface area contributed by atoms with Crippen molar-refractivity contribution >= 4 is 43.7 Å². The first-order valence-corrected chi connectivity index (χ1v) is 22.5. The standard InChI is InChI=1S/C60H37N7O/c1-5-19-38(20-6-1)55-61-56(39-21-7-2-8-22-39)64-59(63-55)47-30-13-14-31-48(47)60-65-57(40-23-9-3-10-24-40)62-58(66-60)42-26-17-25-41(35-42)44-32-18-33-46-50-36-49-45-29-15-16-34-51(45)67(43-27-11-4-12-28-43)52(49)37-53(50)68-54(44)46/h1-37H. The zero-order chi connectivity index (χ0) is 45.0. The summed E-state index contributed by atoms with van der Waals surface area (Å²) in [6.07, 6.45) is 0. The summed E-state index contributed by atoms with van der Waals surface area (Å²) in [4.78, 5) is 30.6. The third-order valence-corrected chi connectivity index (χ3v) is 12.5. The fourth-order valence-electron chi connectivity index (χ4n) is 9.31. The lowest BCUT2D eigenvalue weighted by molar-refractivity contribution is 0.670. The molecule has 68 heavy (non-hydrogen) atoms. The molecule has 8 nitrogen and oxygen atoms in total. The van der Waals surface area contributed by atoms with Crippen molar-refractivity contribution in [3.63, 3.8) is 0 Å². The molecule has 0 saturated heterocycles. The Labute approximate surface area is 390 Å². The Morgan fingerprint density at radius 2 is 0.721 bits per heavy atom. The molecule has 0 saturated carbocycles. The number of aromatic nitrogens is 7. The number of nitrogens with zero attached hydrogens (tertiary/aromatic N) is 7. The van der Waals surface area contributed by atoms with Crippen molar-refractivity contribution in [1.82, 2.24) is 34.5 Å². The van der Waals surface area contributed by atoms with Crippen LogP contribution in [0.3, 0.4) is 0 Å². The van der Waals surface area contributed by atoms with E-state index in [0.29, 0.717) is 34.9 Å². The van der Waals surface area contributed by atoms with Crippen LogP contribution in [-0.4, -0.2) is 34.5 Å². The van der Waals surface area contributed by atoms with Crippen molar-refractivity contribution in [3.05, 3.63) is 224 Å². The Morgan fingerprint density at radius 1 is 0.279 bits per heavy atom. The number of hydrogen-bond acceptors (Lipinski definition) is 7. The number of para-hydroxylation sites is 3. The van der Waals surface area contributed by atoms with Crippen molar-refractivity contribution in [1.29, 1.82) is 0 Å². The fraction of sp³-hybridized carbons (Fsp3) is 0. The molecule has 4 heterocycles. The Morgan fingerprint density at radius 3 is 1.32 bits per heavy atom. The molecule has 0 aliphatic rings. The molecular formula is C60H37N7O. The second kappa shape index (κ2) is 16.2. The van der Waals surface area contributed by atoms with Gasteiger partial charge in [0.2, 0.25) is 0 Å². The average molecular weight is 872 g/mol. The van der Waals surface area contributed by atoms with Crippen LogP contribution in [-0.2, 0) is 0 Å². The fourth-order valence-corrected chi connectivity index (χ4v) is 9.31. The highest BCUT2D eigenvalue weighted by Crippen LogP contribution is 2.42. The average Bonchev–Trinajstić information content (AvgIpc) is 3.95. The van der Waals surface area contributed by atoms with Crippen LogP contribution in [0.2, 0.25) is 0 Å². The molecule has 0 amide bonds. The van der Waals surface area contributed by atoms with Gasteiger partial charge in [-0.15, -0.1) is 0 Å². The van der Waals surface area contributed by atoms with Crippen LogP contribution in [0.25, 0.3) is 129 Å². The maximum Gasteiger partial charge on any atom is 0.164 e. The summed E-state index contributed by atoms with van der Waals surface area (Å²) in [6, 6.07) is 76.3. The third-order valence-electron chi connectivity index (χ3n) is 12.5. The van der Waals surface area contributed by atoms with Crippen LogP contribution in [0, 0.1) is 0 Å². The van der Waals surface area contributed by atoms with Crippen LogP contribution in [0.1, 0.15) is 0 Å². The topological polar surface area (TPSA) is 95.4 Å². The first-order valence-electron chi connectivity index (χ1n) is 22.5. The minimum atomic E-state index is 0.497. The van der Waals surface area contributed by atoms with Crippen molar-refractivity contribution in [2.24, 2.45) is 0 Å². The predicted molar refractivity (Wildman–Crippen MR) is 273 cm³/mol. The number of fused-ring (bicyclic) bond motifs is 6. The summed E-state index contributed by atoms with van der Waals surface area (Å²) in [5, 5.41) is 4.50. The van der Waals surface area contributed by atoms with Gasteiger partial charge in [-0.05, 0) is 35.9 Å². The van der Waals surface area contributed by atoms with Crippen LogP contribution >= 0.6 is 0 Å². The molecule has 4 aromatic heterocycles. The van der Waals surface area contributed by atoms with Crippen LogP contribution in [0.15, 0.2) is 229 Å². The van der Waals surface area contributed by atoms with Gasteiger partial charge < -0.3 is 8.98 Å². The lowest BCUT2D eigenvalue weighted by Crippen LogP contribution is -2.03. The van der Waals surface area contributed by atoms with E-state index >= 15 is 0 Å². The van der Waals surface area contributed by atoms with Gasteiger partial charge in [0.05, 0.1) is 11.0 Å². The molecule has 0 fully saturated rings. The van der Waals surface area contributed by atoms with Gasteiger partial charge in [-0.3, -0.25) is 0 Å². The normalized spacial score (nSPS) is 11.5. The van der Waals surface area contributed by atoms with Gasteiger partial charge in [0, 0.05) is 72.2 Å². The second-order valence-corrected chi connectivity index (χ2v) is 16.7. The molecule has 0 atom stereocenters. The van der Waals surface area contributed by atoms with Gasteiger partial charge in [0.25, 0.3) is 0 Å². The molecule has 8 heteroatoms. The molecule has 0 N–H and O–H groups in total. The molecule has 0 aliphatic carbocycles. The summed E-state index contributed by atoms with van der Waals surface area (Å²) in [5.41, 5.74) is 12.0. The summed E-state index contributed by atoms with van der Waals surface area (Å²) >= 11 is 0. The summed E-state index contributed by atoms with van der Waals surface area (Å²) in [5.74, 6) is 3.24. The van der Waals surface area contributed by atoms with E-state index in [9.17, 15) is 0 Å². The molecular weight excluding hydrogens is 835 g/mol. The Bertz CT molecular complexity index is 3960. The van der Waals surface area contributed by atoms with E-state index in [1.165, 1.54) is 10.8 Å². The smallest absolute Gasteiger partial charge is 0.164 e. The SMILES string of the molecule is c1ccc(-c2nc(-c3ccccc3)nc(-c3ccccc3-c3nc(-c4ccccc4)nc(-c4cccc(-c5cccc6c5oc5cc7c(cc56)c5ccccc5n7-c5ccccc5)c4)n3)n2)cc1. The first kappa shape index (κ1) is 39.0. The molecule has 13 aromatic rings. The minimum absolute atomic E-state index is 0.497. The van der Waals surface area contributed by atoms with E-state index in [-0.39, 0.29) is 0 Å². The first-order chi connectivity index (χ1) is 33.7. The van der Waals surface area contributed by atoms with Gasteiger partial charge >= 0.3 is 0 Å². The summed E-state index contributed by atoms with van der Waals surface area (Å²) < 4.78 is 9.21. The van der Waals surface area contributed by atoms with E-state index in [2.05, 4.69) is 108 Å². The molecule has 0 radical (unpaired) electrons. The molecule has 13 rings (SSSR count). The van der Waals surface area contributed by atoms with Crippen molar-refractivity contribution in [2.75, 3.05) is 0 Å². The monoisotopic (exact) mass is 871 g/mol. The largest absolute Gasteiger partial charge is 0.455 e. The van der Waals surface area contributed by atoms with Gasteiger partial charge in [0.15, 0.2) is 34.9 Å². The van der Waals surface area contributed by atoms with Gasteiger partial charge in [-0.25, -0.2) is 29.9 Å². The summed E-state index contributed by atoms with van der Waals surface area (Å²) in [6.45, 7) is 0. The maximum atomic E-state index is 6.89. The van der Waals surface area contributed by atoms with Gasteiger partial charge in [-0.1, -0.05) is 188 Å². The molecule has 0 spiro atoms. The molecule has 0 bridgehead atoms. The minimum Gasteiger partial charge on any atom is -0.455 e. The molecule has 0 unspecified atom stereocenters. The Kier molecular flexibility index (Phi) is 9.31. The highest BCUT2D eigenvalue weighted by molar-refractivity contribution is 6.18. The number of hydrogen-bond donors (Lipinski definition) is 0. The van der Waals surface area contributed by atoms with E-state index < -0.39 is 0 Å². The van der Waals surface area contributed by atoms with Crippen LogP contribution < -0.4 is 0 Å². The number of rotatable bonds is 8. The lowest BCUT2D eigenvalue weighted by Gasteiger charge is -2.13. The van der Waals surface area contributed by atoms with Crippen LogP contribution in [0.4, 0.5) is 0 Å². The van der Waals surface area contributed by atoms with Crippen molar-refractivity contribution < 1.29 is 4.42 Å². The Hall–Kier alpha value is -9.40. The second-order valence-electron chi connectivity index (χ2n) is 16.7. The van der Waals surface area contributed by atoms with Crippen LogP contribution in [0.5, 0.6) is 0 Å². The molecule has 9 aromatic carbocycles. The van der Waals surface area contributed by atoms with Crippen molar-refractivity contribution in [3.8, 4) is 85.1 Å². The van der Waals surface area contributed by atoms with Gasteiger partial charge in [-0.2, -0.15) is 0 Å². The van der Waals surface area contributed by atoms with Gasteiger partial charge in [0.1, 0.15) is 11.2 Å². The van der Waals surface area contributed by atoms with E-state index in [1.807, 2.05) is 121 Å². The number of furan rings is 1. The highest BCUT2D eigenvalue weighted by Gasteiger charge is 2.21. The van der Waals surface area contributed by atoms with E-state index in [1.54, 1.807) is 0 Å². The zero-order valence-corrected chi connectivity index (χ0v) is 36.4. The predicted octanol–water partition coefficient (Wildman–Crippen LogP) is 14.7. The van der Waals surface area contributed by atoms with E-state index in [4.69, 9.17) is 34.3 Å². The lowest BCUT2D eigenvalue weighted by atomic mass is 9.99. The highest BCUT2D eigenvalue weighted by atomic mass is 16.3.